The summed E-state index contributed by atoms with van der Waals surface area (Å²) in [6.07, 6.45) is 4.28. The fraction of sp³-hybridized carbons (Fsp3) is 0.478. The number of hydrogen-bond acceptors (Lipinski definition) is 6. The van der Waals surface area contributed by atoms with Crippen LogP contribution in [0.25, 0.3) is 0 Å². The van der Waals surface area contributed by atoms with Crippen LogP contribution in [0.1, 0.15) is 61.0 Å². The molecule has 0 bridgehead atoms. The molecule has 0 fully saturated rings. The largest absolute Gasteiger partial charge is 0.463 e. The maximum absolute atomic E-state index is 12.5. The second-order valence-electron chi connectivity index (χ2n) is 7.71. The Kier molecular flexibility index (Phi) is 7.44. The first-order chi connectivity index (χ1) is 14.9. The highest BCUT2D eigenvalue weighted by Gasteiger charge is 2.30. The molecule has 1 aromatic rings. The molecule has 1 atom stereocenters. The Balaban J connectivity index is 1.56. The Hall–Kier alpha value is -3.16. The summed E-state index contributed by atoms with van der Waals surface area (Å²) in [5, 5.41) is 5.07. The first kappa shape index (κ1) is 22.5. The van der Waals surface area contributed by atoms with E-state index in [4.69, 9.17) is 9.47 Å². The van der Waals surface area contributed by atoms with Gasteiger partial charge in [-0.3, -0.25) is 9.59 Å². The third kappa shape index (κ3) is 5.71. The first-order valence-corrected chi connectivity index (χ1v) is 10.7. The molecule has 2 N–H and O–H groups in total. The van der Waals surface area contributed by atoms with Crippen molar-refractivity contribution in [3.63, 3.8) is 0 Å². The molecule has 0 spiro atoms. The van der Waals surface area contributed by atoms with Gasteiger partial charge in [-0.2, -0.15) is 0 Å². The fourth-order valence-electron chi connectivity index (χ4n) is 3.88. The SMILES string of the molecule is CCOC(=O)C1=C(COC(=O)CCC(=O)c2ccc3c(c2)CCCC3)NC(=O)N[C@@H]1C. The molecule has 2 amide bonds. The van der Waals surface area contributed by atoms with Crippen molar-refractivity contribution in [3.8, 4) is 0 Å². The van der Waals surface area contributed by atoms with Crippen molar-refractivity contribution >= 4 is 23.8 Å². The van der Waals surface area contributed by atoms with Crippen LogP contribution < -0.4 is 10.6 Å². The van der Waals surface area contributed by atoms with Crippen molar-refractivity contribution in [3.05, 3.63) is 46.2 Å². The minimum atomic E-state index is -0.587. The van der Waals surface area contributed by atoms with Crippen molar-refractivity contribution in [2.24, 2.45) is 0 Å². The monoisotopic (exact) mass is 428 g/mol. The van der Waals surface area contributed by atoms with Crippen molar-refractivity contribution in [1.29, 1.82) is 0 Å². The van der Waals surface area contributed by atoms with Gasteiger partial charge in [0, 0.05) is 12.0 Å². The molecule has 2 aliphatic rings. The molecule has 0 saturated carbocycles. The number of esters is 2. The van der Waals surface area contributed by atoms with E-state index in [0.717, 1.165) is 19.3 Å². The van der Waals surface area contributed by atoms with Crippen LogP contribution in [0.5, 0.6) is 0 Å². The van der Waals surface area contributed by atoms with E-state index in [1.165, 1.54) is 17.5 Å². The van der Waals surface area contributed by atoms with E-state index in [-0.39, 0.29) is 43.1 Å². The van der Waals surface area contributed by atoms with Gasteiger partial charge in [0.1, 0.15) is 6.61 Å². The third-order valence-electron chi connectivity index (χ3n) is 5.47. The van der Waals surface area contributed by atoms with Gasteiger partial charge in [-0.1, -0.05) is 12.1 Å². The third-order valence-corrected chi connectivity index (χ3v) is 5.47. The van der Waals surface area contributed by atoms with Gasteiger partial charge in [-0.05, 0) is 56.7 Å². The Labute approximate surface area is 181 Å². The minimum absolute atomic E-state index is 0.0335. The molecule has 0 radical (unpaired) electrons. The lowest BCUT2D eigenvalue weighted by Gasteiger charge is -2.26. The van der Waals surface area contributed by atoms with Gasteiger partial charge < -0.3 is 20.1 Å². The van der Waals surface area contributed by atoms with E-state index < -0.39 is 24.0 Å². The first-order valence-electron chi connectivity index (χ1n) is 10.7. The lowest BCUT2D eigenvalue weighted by molar-refractivity contribution is -0.143. The number of benzene rings is 1. The predicted molar refractivity (Wildman–Crippen MR) is 112 cm³/mol. The highest BCUT2D eigenvalue weighted by Crippen LogP contribution is 2.23. The zero-order valence-electron chi connectivity index (χ0n) is 17.9. The minimum Gasteiger partial charge on any atom is -0.463 e. The van der Waals surface area contributed by atoms with E-state index in [0.29, 0.717) is 5.56 Å². The van der Waals surface area contributed by atoms with Gasteiger partial charge in [-0.15, -0.1) is 0 Å². The van der Waals surface area contributed by atoms with Crippen molar-refractivity contribution in [2.45, 2.75) is 58.4 Å². The number of Topliss-reactive ketones (excluding diaryl/α,β-unsaturated/α-hetero) is 1. The number of nitrogens with one attached hydrogen (secondary N) is 2. The molecular weight excluding hydrogens is 400 g/mol. The van der Waals surface area contributed by atoms with E-state index >= 15 is 0 Å². The molecule has 8 nitrogen and oxygen atoms in total. The topological polar surface area (TPSA) is 111 Å². The summed E-state index contributed by atoms with van der Waals surface area (Å²) >= 11 is 0. The molecule has 1 aliphatic heterocycles. The fourth-order valence-corrected chi connectivity index (χ4v) is 3.88. The summed E-state index contributed by atoms with van der Waals surface area (Å²) in [5.74, 6) is -1.28. The smallest absolute Gasteiger partial charge is 0.338 e. The lowest BCUT2D eigenvalue weighted by Crippen LogP contribution is -2.50. The van der Waals surface area contributed by atoms with Gasteiger partial charge >= 0.3 is 18.0 Å². The zero-order chi connectivity index (χ0) is 22.4. The predicted octanol–water partition coefficient (Wildman–Crippen LogP) is 2.59. The van der Waals surface area contributed by atoms with Crippen LogP contribution in [-0.2, 0) is 31.9 Å². The number of rotatable bonds is 8. The van der Waals surface area contributed by atoms with Gasteiger partial charge in [0.15, 0.2) is 5.78 Å². The Bertz CT molecular complexity index is 921. The van der Waals surface area contributed by atoms with Crippen LogP contribution in [0.15, 0.2) is 29.5 Å². The van der Waals surface area contributed by atoms with E-state index in [1.54, 1.807) is 13.8 Å². The molecule has 1 heterocycles. The number of hydrogen-bond donors (Lipinski definition) is 2. The average Bonchev–Trinajstić information content (AvgIpc) is 2.75. The molecule has 1 aromatic carbocycles. The van der Waals surface area contributed by atoms with Crippen LogP contribution in [0.3, 0.4) is 0 Å². The number of ketones is 1. The Morgan fingerprint density at radius 1 is 1.06 bits per heavy atom. The van der Waals surface area contributed by atoms with Gasteiger partial charge in [0.25, 0.3) is 0 Å². The van der Waals surface area contributed by atoms with E-state index in [9.17, 15) is 19.2 Å². The molecule has 166 valence electrons. The molecule has 8 heteroatoms. The summed E-state index contributed by atoms with van der Waals surface area (Å²) in [5.41, 5.74) is 3.52. The van der Waals surface area contributed by atoms with Crippen LogP contribution in [-0.4, -0.2) is 43.0 Å². The lowest BCUT2D eigenvalue weighted by atomic mass is 9.89. The molecule has 1 aliphatic carbocycles. The van der Waals surface area contributed by atoms with Crippen LogP contribution >= 0.6 is 0 Å². The zero-order valence-corrected chi connectivity index (χ0v) is 17.9. The number of carbonyl (C=O) groups excluding carboxylic acids is 4. The Morgan fingerprint density at radius 2 is 1.81 bits per heavy atom. The molecule has 31 heavy (non-hydrogen) atoms. The summed E-state index contributed by atoms with van der Waals surface area (Å²) in [6.45, 7) is 3.22. The molecule has 0 saturated heterocycles. The second-order valence-corrected chi connectivity index (χ2v) is 7.71. The number of urea groups is 1. The number of carbonyl (C=O) groups is 4. The number of aryl methyl sites for hydroxylation is 2. The molecule has 3 rings (SSSR count). The number of ether oxygens (including phenoxy) is 2. The normalized spacial score (nSPS) is 17.9. The van der Waals surface area contributed by atoms with Crippen LogP contribution in [0, 0.1) is 0 Å². The van der Waals surface area contributed by atoms with Crippen LogP contribution in [0.2, 0.25) is 0 Å². The van der Waals surface area contributed by atoms with Crippen molar-refractivity contribution in [2.75, 3.05) is 13.2 Å². The quantitative estimate of drug-likeness (QED) is 0.486. The van der Waals surface area contributed by atoms with Crippen molar-refractivity contribution in [1.82, 2.24) is 10.6 Å². The van der Waals surface area contributed by atoms with Gasteiger partial charge in [0.2, 0.25) is 0 Å². The summed E-state index contributed by atoms with van der Waals surface area (Å²) in [6, 6.07) is 4.69. The van der Waals surface area contributed by atoms with E-state index in [2.05, 4.69) is 10.6 Å². The van der Waals surface area contributed by atoms with E-state index in [1.807, 2.05) is 18.2 Å². The number of amides is 2. The summed E-state index contributed by atoms with van der Waals surface area (Å²) in [4.78, 5) is 48.6. The van der Waals surface area contributed by atoms with Gasteiger partial charge in [-0.25, -0.2) is 9.59 Å². The second kappa shape index (κ2) is 10.2. The summed E-state index contributed by atoms with van der Waals surface area (Å²) in [7, 11) is 0. The standard InChI is InChI=1S/C23H28N2O6/c1-3-30-22(28)21-14(2)24-23(29)25-18(21)13-31-20(27)11-10-19(26)17-9-8-15-6-4-5-7-16(15)12-17/h8-9,12,14H,3-7,10-11,13H2,1-2H3,(H2,24,25,29)/t14-/m1/s1. The number of fused-ring (bicyclic) bond motifs is 1. The molecule has 0 unspecified atom stereocenters. The maximum atomic E-state index is 12.5. The highest BCUT2D eigenvalue weighted by atomic mass is 16.5. The Morgan fingerprint density at radius 3 is 2.55 bits per heavy atom. The maximum Gasteiger partial charge on any atom is 0.338 e. The average molecular weight is 428 g/mol. The highest BCUT2D eigenvalue weighted by molar-refractivity contribution is 5.98. The van der Waals surface area contributed by atoms with Crippen LogP contribution in [0.4, 0.5) is 4.79 Å². The molecule has 0 aromatic heterocycles. The van der Waals surface area contributed by atoms with Crippen molar-refractivity contribution < 1.29 is 28.7 Å². The van der Waals surface area contributed by atoms with Gasteiger partial charge in [0.05, 0.1) is 30.3 Å². The summed E-state index contributed by atoms with van der Waals surface area (Å²) < 4.78 is 10.2. The molecular formula is C23H28N2O6.